The molecule has 1 N–H and O–H groups in total. The fraction of sp³-hybridized carbons (Fsp3) is 0.111. The molecule has 0 bridgehead atoms. The second-order valence-corrected chi connectivity index (χ2v) is 6.33. The molecule has 0 aliphatic heterocycles. The van der Waals surface area contributed by atoms with E-state index in [1.165, 1.54) is 13.0 Å². The minimum absolute atomic E-state index is 0. The third-order valence-corrected chi connectivity index (χ3v) is 5.17. The zero-order valence-electron chi connectivity index (χ0n) is 7.99. The van der Waals surface area contributed by atoms with Gasteiger partial charge in [0, 0.05) is 4.70 Å². The molecule has 0 amide bonds. The van der Waals surface area contributed by atoms with E-state index >= 15 is 0 Å². The maximum absolute atomic E-state index is 13.2. The zero-order chi connectivity index (χ0) is 12.1. The Morgan fingerprint density at radius 3 is 2.53 bits per heavy atom. The SMILES string of the molecule is Cc1c(S(=O)(=O)O)sc2cc(Cl)c(F)cc12.[NaH]. The summed E-state index contributed by atoms with van der Waals surface area (Å²) in [5, 5.41) is 0.371. The molecule has 17 heavy (non-hydrogen) atoms. The van der Waals surface area contributed by atoms with Crippen molar-refractivity contribution < 1.29 is 17.4 Å². The summed E-state index contributed by atoms with van der Waals surface area (Å²) >= 11 is 6.45. The van der Waals surface area contributed by atoms with Crippen LogP contribution >= 0.6 is 22.9 Å². The second kappa shape index (κ2) is 5.13. The van der Waals surface area contributed by atoms with Gasteiger partial charge in [-0.1, -0.05) is 11.6 Å². The molecular weight excluding hydrogens is 298 g/mol. The topological polar surface area (TPSA) is 54.4 Å². The predicted octanol–water partition coefficient (Wildman–Crippen LogP) is 2.60. The number of halogens is 2. The van der Waals surface area contributed by atoms with Crippen molar-refractivity contribution in [2.75, 3.05) is 0 Å². The number of rotatable bonds is 1. The first-order valence-electron chi connectivity index (χ1n) is 4.16. The van der Waals surface area contributed by atoms with Crippen molar-refractivity contribution in [3.63, 3.8) is 0 Å². The van der Waals surface area contributed by atoms with Crippen LogP contribution in [-0.4, -0.2) is 42.5 Å². The third-order valence-electron chi connectivity index (χ3n) is 2.17. The summed E-state index contributed by atoms with van der Waals surface area (Å²) in [6, 6.07) is 2.51. The third kappa shape index (κ3) is 2.84. The van der Waals surface area contributed by atoms with Crippen LogP contribution in [0.5, 0.6) is 0 Å². The average Bonchev–Trinajstić information content (AvgIpc) is 2.45. The van der Waals surface area contributed by atoms with E-state index in [4.69, 9.17) is 16.2 Å². The molecule has 2 rings (SSSR count). The van der Waals surface area contributed by atoms with Crippen molar-refractivity contribution in [3.05, 3.63) is 28.5 Å². The Hall–Kier alpha value is 0.310. The Morgan fingerprint density at radius 2 is 2.00 bits per heavy atom. The Bertz CT molecular complexity index is 681. The van der Waals surface area contributed by atoms with Gasteiger partial charge in [0.25, 0.3) is 0 Å². The first-order valence-corrected chi connectivity index (χ1v) is 6.80. The van der Waals surface area contributed by atoms with E-state index in [2.05, 4.69) is 0 Å². The molecule has 8 heteroatoms. The van der Waals surface area contributed by atoms with Crippen molar-refractivity contribution in [2.24, 2.45) is 0 Å². The van der Waals surface area contributed by atoms with Gasteiger partial charge in [-0.2, -0.15) is 8.42 Å². The van der Waals surface area contributed by atoms with Crippen LogP contribution in [0.4, 0.5) is 4.39 Å². The van der Waals surface area contributed by atoms with Crippen LogP contribution in [-0.2, 0) is 10.1 Å². The molecule has 0 spiro atoms. The van der Waals surface area contributed by atoms with Gasteiger partial charge in [-0.3, -0.25) is 4.55 Å². The van der Waals surface area contributed by atoms with Gasteiger partial charge in [0.1, 0.15) is 5.82 Å². The van der Waals surface area contributed by atoms with Crippen molar-refractivity contribution >= 4 is 72.7 Å². The summed E-state index contributed by atoms with van der Waals surface area (Å²) in [5.74, 6) is -0.614. The van der Waals surface area contributed by atoms with Gasteiger partial charge >= 0.3 is 39.7 Å². The summed E-state index contributed by atoms with van der Waals surface area (Å²) in [4.78, 5) is 0. The van der Waals surface area contributed by atoms with E-state index in [1.54, 1.807) is 0 Å². The van der Waals surface area contributed by atoms with Crippen molar-refractivity contribution in [2.45, 2.75) is 11.1 Å². The number of fused-ring (bicyclic) bond motifs is 1. The molecule has 0 aliphatic rings. The Balaban J connectivity index is 0.00000144. The summed E-state index contributed by atoms with van der Waals surface area (Å²) < 4.78 is 44.6. The van der Waals surface area contributed by atoms with Gasteiger partial charge < -0.3 is 0 Å². The molecule has 0 radical (unpaired) electrons. The van der Waals surface area contributed by atoms with Crippen LogP contribution in [0, 0.1) is 12.7 Å². The van der Waals surface area contributed by atoms with E-state index in [1.807, 2.05) is 0 Å². The van der Waals surface area contributed by atoms with E-state index in [0.29, 0.717) is 15.6 Å². The van der Waals surface area contributed by atoms with Gasteiger partial charge in [-0.05, 0) is 30.0 Å². The molecule has 1 heterocycles. The van der Waals surface area contributed by atoms with Crippen LogP contribution in [0.25, 0.3) is 10.1 Å². The molecule has 1 aromatic heterocycles. The maximum atomic E-state index is 13.2. The Kier molecular flexibility index (Phi) is 4.63. The van der Waals surface area contributed by atoms with Crippen LogP contribution < -0.4 is 0 Å². The van der Waals surface area contributed by atoms with Crippen molar-refractivity contribution in [3.8, 4) is 0 Å². The molecule has 2 aromatic rings. The molecule has 3 nitrogen and oxygen atoms in total. The standard InChI is InChI=1S/C9H6ClFO3S2.Na.H/c1-4-5-2-7(11)6(10)3-8(5)15-9(4)16(12,13)14;;/h2-3H,1H3,(H,12,13,14);;. The van der Waals surface area contributed by atoms with Crippen LogP contribution in [0.2, 0.25) is 5.02 Å². The van der Waals surface area contributed by atoms with Gasteiger partial charge in [-0.15, -0.1) is 11.3 Å². The minimum atomic E-state index is -4.27. The number of aryl methyl sites for hydroxylation is 1. The van der Waals surface area contributed by atoms with E-state index in [-0.39, 0.29) is 38.8 Å². The Labute approximate surface area is 129 Å². The number of thiophene rings is 1. The quantitative estimate of drug-likeness (QED) is 0.651. The van der Waals surface area contributed by atoms with Crippen LogP contribution in [0.3, 0.4) is 0 Å². The molecule has 0 fully saturated rings. The summed E-state index contributed by atoms with van der Waals surface area (Å²) in [6.45, 7) is 1.51. The molecule has 88 valence electrons. The van der Waals surface area contributed by atoms with E-state index in [9.17, 15) is 12.8 Å². The molecule has 0 aliphatic carbocycles. The number of hydrogen-bond donors (Lipinski definition) is 1. The average molecular weight is 305 g/mol. The van der Waals surface area contributed by atoms with Gasteiger partial charge in [0.15, 0.2) is 4.21 Å². The first kappa shape index (κ1) is 15.4. The normalized spacial score (nSPS) is 11.5. The number of hydrogen-bond acceptors (Lipinski definition) is 3. The monoisotopic (exact) mass is 304 g/mol. The summed E-state index contributed by atoms with van der Waals surface area (Å²) in [5.41, 5.74) is 0.332. The Morgan fingerprint density at radius 1 is 1.41 bits per heavy atom. The number of benzene rings is 1. The van der Waals surface area contributed by atoms with E-state index < -0.39 is 15.9 Å². The van der Waals surface area contributed by atoms with Crippen LogP contribution in [0.15, 0.2) is 16.3 Å². The summed E-state index contributed by atoms with van der Waals surface area (Å²) in [6.07, 6.45) is 0. The van der Waals surface area contributed by atoms with Gasteiger partial charge in [0.2, 0.25) is 0 Å². The molecule has 0 unspecified atom stereocenters. The predicted molar refractivity (Wildman–Crippen MR) is 68.5 cm³/mol. The second-order valence-electron chi connectivity index (χ2n) is 3.25. The van der Waals surface area contributed by atoms with E-state index in [0.717, 1.165) is 17.4 Å². The summed E-state index contributed by atoms with van der Waals surface area (Å²) in [7, 11) is -4.27. The molecular formula is C9H7ClFNaO3S2. The zero-order valence-corrected chi connectivity index (χ0v) is 10.4. The fourth-order valence-corrected chi connectivity index (χ4v) is 3.82. The van der Waals surface area contributed by atoms with Crippen molar-refractivity contribution in [1.29, 1.82) is 0 Å². The van der Waals surface area contributed by atoms with Gasteiger partial charge in [0.05, 0.1) is 5.02 Å². The molecule has 1 aromatic carbocycles. The van der Waals surface area contributed by atoms with Crippen molar-refractivity contribution in [1.82, 2.24) is 0 Å². The molecule has 0 atom stereocenters. The van der Waals surface area contributed by atoms with Gasteiger partial charge in [-0.25, -0.2) is 4.39 Å². The molecule has 0 saturated carbocycles. The van der Waals surface area contributed by atoms with Crippen LogP contribution in [0.1, 0.15) is 5.56 Å². The molecule has 0 saturated heterocycles. The first-order chi connectivity index (χ1) is 7.30. The fourth-order valence-electron chi connectivity index (χ4n) is 1.44.